The molecular formula is C20H25N5O4S. The monoisotopic (exact) mass is 431 g/mol. The molecule has 2 heterocycles. The van der Waals surface area contributed by atoms with Crippen molar-refractivity contribution in [3.8, 4) is 0 Å². The molecule has 0 aliphatic carbocycles. The number of hydrogen-bond acceptors (Lipinski definition) is 7. The van der Waals surface area contributed by atoms with Crippen LogP contribution < -0.4 is 20.4 Å². The molecule has 30 heavy (non-hydrogen) atoms. The molecular weight excluding hydrogens is 406 g/mol. The summed E-state index contributed by atoms with van der Waals surface area (Å²) in [5, 5.41) is 3.97. The molecule has 2 N–H and O–H groups in total. The minimum atomic E-state index is -3.32. The van der Waals surface area contributed by atoms with Crippen LogP contribution in [0.25, 0.3) is 11.0 Å². The van der Waals surface area contributed by atoms with Crippen LogP contribution in [-0.4, -0.2) is 36.0 Å². The Bertz CT molecular complexity index is 1190. The molecule has 1 aromatic carbocycles. The van der Waals surface area contributed by atoms with E-state index >= 15 is 0 Å². The number of fused-ring (bicyclic) bond motifs is 1. The predicted molar refractivity (Wildman–Crippen MR) is 117 cm³/mol. The fourth-order valence-corrected chi connectivity index (χ4v) is 3.52. The summed E-state index contributed by atoms with van der Waals surface area (Å²) >= 11 is 0. The van der Waals surface area contributed by atoms with E-state index < -0.39 is 10.0 Å². The van der Waals surface area contributed by atoms with E-state index in [-0.39, 0.29) is 5.56 Å². The third kappa shape index (κ3) is 5.26. The Morgan fingerprint density at radius 2 is 1.90 bits per heavy atom. The summed E-state index contributed by atoms with van der Waals surface area (Å²) in [6.45, 7) is 4.76. The van der Waals surface area contributed by atoms with Gasteiger partial charge < -0.3 is 10.2 Å². The van der Waals surface area contributed by atoms with E-state index in [0.29, 0.717) is 35.6 Å². The van der Waals surface area contributed by atoms with Gasteiger partial charge in [-0.3, -0.25) is 9.52 Å². The number of benzene rings is 1. The molecule has 0 saturated carbocycles. The number of sulfonamides is 1. The molecule has 0 atom stereocenters. The number of hydrogen-bond donors (Lipinski definition) is 2. The van der Waals surface area contributed by atoms with Gasteiger partial charge >= 0.3 is 0 Å². The van der Waals surface area contributed by atoms with Gasteiger partial charge in [0.15, 0.2) is 5.65 Å². The quantitative estimate of drug-likeness (QED) is 0.500. The summed E-state index contributed by atoms with van der Waals surface area (Å²) in [7, 11) is -3.32. The van der Waals surface area contributed by atoms with E-state index in [9.17, 15) is 13.2 Å². The second-order valence-corrected chi connectivity index (χ2v) is 8.71. The van der Waals surface area contributed by atoms with Crippen LogP contribution in [-0.2, 0) is 16.6 Å². The molecule has 3 rings (SSSR count). The lowest BCUT2D eigenvalue weighted by atomic mass is 10.2. The smallest absolute Gasteiger partial charge is 0.287 e. The number of rotatable bonds is 9. The number of nitrogens with zero attached hydrogens (tertiary/aromatic N) is 3. The summed E-state index contributed by atoms with van der Waals surface area (Å²) in [5.41, 5.74) is 2.85. The van der Waals surface area contributed by atoms with Crippen LogP contribution >= 0.6 is 0 Å². The fourth-order valence-electron chi connectivity index (χ4n) is 2.96. The fraction of sp³-hybridized carbons (Fsp3) is 0.350. The van der Waals surface area contributed by atoms with E-state index in [2.05, 4.69) is 20.0 Å². The lowest BCUT2D eigenvalue weighted by molar-refractivity contribution is 0.108. The highest BCUT2D eigenvalue weighted by Crippen LogP contribution is 2.23. The van der Waals surface area contributed by atoms with Crippen molar-refractivity contribution >= 4 is 32.4 Å². The van der Waals surface area contributed by atoms with Crippen LogP contribution in [0.3, 0.4) is 0 Å². The zero-order valence-electron chi connectivity index (χ0n) is 17.2. The summed E-state index contributed by atoms with van der Waals surface area (Å²) in [6.07, 6.45) is 4.31. The molecule has 0 bridgehead atoms. The highest BCUT2D eigenvalue weighted by Gasteiger charge is 2.14. The van der Waals surface area contributed by atoms with E-state index in [1.807, 2.05) is 13.8 Å². The summed E-state index contributed by atoms with van der Waals surface area (Å²) in [6, 6.07) is 8.46. The lowest BCUT2D eigenvalue weighted by Gasteiger charge is -2.15. The predicted octanol–water partition coefficient (Wildman–Crippen LogP) is 2.31. The van der Waals surface area contributed by atoms with Crippen molar-refractivity contribution < 1.29 is 13.3 Å². The topological polar surface area (TPSA) is 115 Å². The van der Waals surface area contributed by atoms with Crippen molar-refractivity contribution in [2.45, 2.75) is 33.2 Å². The number of nitrogens with one attached hydrogen (secondary N) is 2. The Morgan fingerprint density at radius 3 is 2.57 bits per heavy atom. The maximum absolute atomic E-state index is 12.6. The van der Waals surface area contributed by atoms with E-state index in [1.165, 1.54) is 17.1 Å². The summed E-state index contributed by atoms with van der Waals surface area (Å²) in [5.74, 6) is 0. The van der Waals surface area contributed by atoms with Gasteiger partial charge in [0.05, 0.1) is 23.0 Å². The molecule has 2 aromatic heterocycles. The first kappa shape index (κ1) is 21.6. The molecule has 0 radical (unpaired) electrons. The average molecular weight is 432 g/mol. The van der Waals surface area contributed by atoms with Gasteiger partial charge in [-0.2, -0.15) is 0 Å². The Labute approximate surface area is 175 Å². The average Bonchev–Trinajstić information content (AvgIpc) is 2.68. The largest absolute Gasteiger partial charge is 0.409 e. The maximum Gasteiger partial charge on any atom is 0.287 e. The van der Waals surface area contributed by atoms with Crippen molar-refractivity contribution in [1.29, 1.82) is 0 Å². The number of unbranched alkanes of at least 4 members (excludes halogenated alkanes) is 1. The highest BCUT2D eigenvalue weighted by atomic mass is 32.2. The molecule has 10 heteroatoms. The Morgan fingerprint density at radius 1 is 1.17 bits per heavy atom. The third-order valence-electron chi connectivity index (χ3n) is 4.40. The van der Waals surface area contributed by atoms with Gasteiger partial charge in [0, 0.05) is 18.3 Å². The first-order valence-electron chi connectivity index (χ1n) is 9.59. The van der Waals surface area contributed by atoms with E-state index in [4.69, 9.17) is 4.84 Å². The van der Waals surface area contributed by atoms with Gasteiger partial charge in [-0.15, -0.1) is 4.73 Å². The van der Waals surface area contributed by atoms with Crippen LogP contribution in [0.5, 0.6) is 0 Å². The second-order valence-electron chi connectivity index (χ2n) is 6.96. The van der Waals surface area contributed by atoms with Gasteiger partial charge in [0.25, 0.3) is 5.56 Å². The van der Waals surface area contributed by atoms with Gasteiger partial charge in [0.1, 0.15) is 12.9 Å². The highest BCUT2D eigenvalue weighted by molar-refractivity contribution is 7.92. The molecule has 0 aliphatic heterocycles. The third-order valence-corrected chi connectivity index (χ3v) is 5.01. The molecule has 9 nitrogen and oxygen atoms in total. The Hall–Kier alpha value is -3.14. The molecule has 0 spiro atoms. The van der Waals surface area contributed by atoms with Crippen LogP contribution in [0.15, 0.2) is 41.5 Å². The van der Waals surface area contributed by atoms with Crippen molar-refractivity contribution in [3.63, 3.8) is 0 Å². The molecule has 0 fully saturated rings. The number of aromatic nitrogens is 3. The summed E-state index contributed by atoms with van der Waals surface area (Å²) < 4.78 is 26.3. The van der Waals surface area contributed by atoms with Gasteiger partial charge in [-0.1, -0.05) is 25.5 Å². The van der Waals surface area contributed by atoms with Crippen molar-refractivity contribution in [2.75, 3.05) is 22.9 Å². The van der Waals surface area contributed by atoms with Gasteiger partial charge in [-0.05, 0) is 31.0 Å². The normalized spacial score (nSPS) is 11.4. The zero-order chi connectivity index (χ0) is 21.7. The Kier molecular flexibility index (Phi) is 6.56. The SMILES string of the molecule is CCCCOn1c(=O)cc(NCc2ccc(NS(C)(=O)=O)cc2)c2c(C)ncnc21. The van der Waals surface area contributed by atoms with Crippen LogP contribution in [0.1, 0.15) is 31.0 Å². The number of pyridine rings is 1. The van der Waals surface area contributed by atoms with Gasteiger partial charge in [-0.25, -0.2) is 18.4 Å². The minimum Gasteiger partial charge on any atom is -0.409 e. The number of anilines is 2. The van der Waals surface area contributed by atoms with Gasteiger partial charge in [0.2, 0.25) is 10.0 Å². The van der Waals surface area contributed by atoms with Crippen molar-refractivity contribution in [3.05, 3.63) is 58.3 Å². The number of aryl methyl sites for hydroxylation is 1. The van der Waals surface area contributed by atoms with Crippen LogP contribution in [0, 0.1) is 6.92 Å². The summed E-state index contributed by atoms with van der Waals surface area (Å²) in [4.78, 5) is 26.8. The molecule has 0 unspecified atom stereocenters. The maximum atomic E-state index is 12.6. The first-order valence-corrected chi connectivity index (χ1v) is 11.5. The second kappa shape index (κ2) is 9.12. The van der Waals surface area contributed by atoms with Crippen molar-refractivity contribution in [1.82, 2.24) is 14.7 Å². The molecule has 3 aromatic rings. The van der Waals surface area contributed by atoms with E-state index in [0.717, 1.165) is 30.4 Å². The van der Waals surface area contributed by atoms with Crippen LogP contribution in [0.4, 0.5) is 11.4 Å². The standard InChI is InChI=1S/C20H25N5O4S/c1-4-5-10-29-25-18(26)11-17(19-14(2)22-13-23-20(19)25)21-12-15-6-8-16(9-7-15)24-30(3,27)28/h6-9,11,13,21,24H,4-5,10,12H2,1-3H3. The molecule has 160 valence electrons. The molecule has 0 amide bonds. The molecule has 0 saturated heterocycles. The van der Waals surface area contributed by atoms with E-state index in [1.54, 1.807) is 24.3 Å². The zero-order valence-corrected chi connectivity index (χ0v) is 18.0. The van der Waals surface area contributed by atoms with Crippen LogP contribution in [0.2, 0.25) is 0 Å². The van der Waals surface area contributed by atoms with Crippen molar-refractivity contribution in [2.24, 2.45) is 0 Å². The first-order chi connectivity index (χ1) is 14.3. The lowest BCUT2D eigenvalue weighted by Crippen LogP contribution is -2.29. The minimum absolute atomic E-state index is 0.313. The molecule has 0 aliphatic rings. The Balaban J connectivity index is 1.86.